The van der Waals surface area contributed by atoms with Gasteiger partial charge in [-0.2, -0.15) is 0 Å². The molecule has 1 rings (SSSR count). The van der Waals surface area contributed by atoms with E-state index in [4.69, 9.17) is 5.73 Å². The number of hydrogen-bond acceptors (Lipinski definition) is 3. The zero-order valence-electron chi connectivity index (χ0n) is 14.1. The zero-order valence-corrected chi connectivity index (χ0v) is 14.1. The largest absolute Gasteiger partial charge is 0.340 e. The van der Waals surface area contributed by atoms with Gasteiger partial charge in [0.25, 0.3) is 0 Å². The molecule has 1 aliphatic rings. The molecular formula is C17H35N3O. The standard InChI is InChI=1S/C17H35N3O/c1-3-5-6-7-8-10-17(21)20-13-11-19(12-14-20)16(15-18)9-4-2/h16H,3-15,18H2,1-2H3. The highest BCUT2D eigenvalue weighted by Crippen LogP contribution is 2.12. The van der Waals surface area contributed by atoms with E-state index < -0.39 is 0 Å². The van der Waals surface area contributed by atoms with Crippen LogP contribution in [0.4, 0.5) is 0 Å². The summed E-state index contributed by atoms with van der Waals surface area (Å²) < 4.78 is 0. The number of piperazine rings is 1. The maximum atomic E-state index is 12.2. The molecule has 124 valence electrons. The van der Waals surface area contributed by atoms with Crippen molar-refractivity contribution in [2.75, 3.05) is 32.7 Å². The third kappa shape index (κ3) is 6.79. The molecule has 4 heteroatoms. The molecule has 1 aliphatic heterocycles. The smallest absolute Gasteiger partial charge is 0.222 e. The second-order valence-corrected chi connectivity index (χ2v) is 6.26. The number of carbonyl (C=O) groups excluding carboxylic acids is 1. The Labute approximate surface area is 131 Å². The van der Waals surface area contributed by atoms with E-state index in [0.29, 0.717) is 11.9 Å². The van der Waals surface area contributed by atoms with Crippen LogP contribution in [0.5, 0.6) is 0 Å². The van der Waals surface area contributed by atoms with Crippen LogP contribution >= 0.6 is 0 Å². The first-order chi connectivity index (χ1) is 10.2. The summed E-state index contributed by atoms with van der Waals surface area (Å²) in [6.45, 7) is 8.91. The first kappa shape index (κ1) is 18.4. The van der Waals surface area contributed by atoms with Gasteiger partial charge in [-0.05, 0) is 12.8 Å². The minimum absolute atomic E-state index is 0.353. The van der Waals surface area contributed by atoms with Crippen LogP contribution in [0.25, 0.3) is 0 Å². The Hall–Kier alpha value is -0.610. The van der Waals surface area contributed by atoms with Crippen LogP contribution in [0.3, 0.4) is 0 Å². The van der Waals surface area contributed by atoms with Gasteiger partial charge in [0, 0.05) is 45.2 Å². The molecule has 4 nitrogen and oxygen atoms in total. The van der Waals surface area contributed by atoms with Gasteiger partial charge in [0.05, 0.1) is 0 Å². The third-order valence-electron chi connectivity index (χ3n) is 4.57. The van der Waals surface area contributed by atoms with Crippen molar-refractivity contribution in [1.29, 1.82) is 0 Å². The minimum atomic E-state index is 0.353. The van der Waals surface area contributed by atoms with Crippen molar-refractivity contribution in [2.24, 2.45) is 5.73 Å². The molecule has 1 amide bonds. The van der Waals surface area contributed by atoms with Crippen molar-refractivity contribution >= 4 is 5.91 Å². The number of amides is 1. The molecule has 1 fully saturated rings. The molecule has 0 aliphatic carbocycles. The lowest BCUT2D eigenvalue weighted by atomic mass is 10.1. The van der Waals surface area contributed by atoms with Crippen LogP contribution in [-0.4, -0.2) is 54.5 Å². The highest BCUT2D eigenvalue weighted by molar-refractivity contribution is 5.76. The summed E-state index contributed by atoms with van der Waals surface area (Å²) >= 11 is 0. The maximum Gasteiger partial charge on any atom is 0.222 e. The summed E-state index contributed by atoms with van der Waals surface area (Å²) in [5.41, 5.74) is 5.87. The third-order valence-corrected chi connectivity index (χ3v) is 4.57. The number of unbranched alkanes of at least 4 members (excludes halogenated alkanes) is 4. The van der Waals surface area contributed by atoms with Crippen molar-refractivity contribution in [3.63, 3.8) is 0 Å². The molecule has 0 aromatic carbocycles. The van der Waals surface area contributed by atoms with Gasteiger partial charge in [-0.3, -0.25) is 9.69 Å². The molecule has 1 atom stereocenters. The first-order valence-electron chi connectivity index (χ1n) is 8.94. The van der Waals surface area contributed by atoms with Crippen LogP contribution in [0.2, 0.25) is 0 Å². The van der Waals surface area contributed by atoms with Crippen LogP contribution in [-0.2, 0) is 4.79 Å². The van der Waals surface area contributed by atoms with Crippen molar-refractivity contribution < 1.29 is 4.79 Å². The fourth-order valence-electron chi connectivity index (χ4n) is 3.16. The molecule has 0 aromatic heterocycles. The average Bonchev–Trinajstić information content (AvgIpc) is 2.52. The molecular weight excluding hydrogens is 262 g/mol. The van der Waals surface area contributed by atoms with Crippen LogP contribution in [0.15, 0.2) is 0 Å². The number of nitrogens with two attached hydrogens (primary N) is 1. The molecule has 0 spiro atoms. The Morgan fingerprint density at radius 2 is 1.67 bits per heavy atom. The van der Waals surface area contributed by atoms with Crippen molar-refractivity contribution in [2.45, 2.75) is 71.3 Å². The van der Waals surface area contributed by atoms with E-state index in [1.54, 1.807) is 0 Å². The normalized spacial score (nSPS) is 18.0. The lowest BCUT2D eigenvalue weighted by molar-refractivity contribution is -0.133. The van der Waals surface area contributed by atoms with E-state index in [1.807, 2.05) is 0 Å². The predicted molar refractivity (Wildman–Crippen MR) is 89.3 cm³/mol. The van der Waals surface area contributed by atoms with Crippen LogP contribution < -0.4 is 5.73 Å². The van der Waals surface area contributed by atoms with Gasteiger partial charge < -0.3 is 10.6 Å². The van der Waals surface area contributed by atoms with Gasteiger partial charge in [0.1, 0.15) is 0 Å². The molecule has 0 bridgehead atoms. The Kier molecular flexibility index (Phi) is 9.68. The summed E-state index contributed by atoms with van der Waals surface area (Å²) in [5.74, 6) is 0.353. The Balaban J connectivity index is 2.20. The SMILES string of the molecule is CCCCCCCC(=O)N1CCN(C(CN)CCC)CC1. The van der Waals surface area contributed by atoms with Gasteiger partial charge in [0.2, 0.25) is 5.91 Å². The van der Waals surface area contributed by atoms with Gasteiger partial charge in [-0.15, -0.1) is 0 Å². The van der Waals surface area contributed by atoms with E-state index in [2.05, 4.69) is 23.6 Å². The summed E-state index contributed by atoms with van der Waals surface area (Å²) in [5, 5.41) is 0. The van der Waals surface area contributed by atoms with Gasteiger partial charge in [-0.1, -0.05) is 46.0 Å². The van der Waals surface area contributed by atoms with Crippen molar-refractivity contribution in [1.82, 2.24) is 9.80 Å². The monoisotopic (exact) mass is 297 g/mol. The predicted octanol–water partition coefficient (Wildman–Crippen LogP) is 2.62. The summed E-state index contributed by atoms with van der Waals surface area (Å²) in [6, 6.07) is 0.501. The second kappa shape index (κ2) is 11.0. The van der Waals surface area contributed by atoms with E-state index in [0.717, 1.165) is 45.6 Å². The molecule has 0 aromatic rings. The van der Waals surface area contributed by atoms with E-state index in [1.165, 1.54) is 38.5 Å². The average molecular weight is 297 g/mol. The van der Waals surface area contributed by atoms with E-state index >= 15 is 0 Å². The second-order valence-electron chi connectivity index (χ2n) is 6.26. The van der Waals surface area contributed by atoms with Crippen molar-refractivity contribution in [3.8, 4) is 0 Å². The fourth-order valence-corrected chi connectivity index (χ4v) is 3.16. The molecule has 0 radical (unpaired) electrons. The summed E-state index contributed by atoms with van der Waals surface area (Å²) in [7, 11) is 0. The van der Waals surface area contributed by atoms with Gasteiger partial charge in [-0.25, -0.2) is 0 Å². The van der Waals surface area contributed by atoms with Crippen molar-refractivity contribution in [3.05, 3.63) is 0 Å². The van der Waals surface area contributed by atoms with E-state index in [9.17, 15) is 4.79 Å². The molecule has 1 heterocycles. The first-order valence-corrected chi connectivity index (χ1v) is 8.94. The number of hydrogen-bond donors (Lipinski definition) is 1. The molecule has 1 unspecified atom stereocenters. The Bertz CT molecular complexity index is 275. The topological polar surface area (TPSA) is 49.6 Å². The minimum Gasteiger partial charge on any atom is -0.340 e. The highest BCUT2D eigenvalue weighted by atomic mass is 16.2. The molecule has 21 heavy (non-hydrogen) atoms. The summed E-state index contributed by atoms with van der Waals surface area (Å²) in [4.78, 5) is 16.7. The zero-order chi connectivity index (χ0) is 15.5. The molecule has 0 saturated carbocycles. The Morgan fingerprint density at radius 1 is 1.00 bits per heavy atom. The van der Waals surface area contributed by atoms with E-state index in [-0.39, 0.29) is 0 Å². The van der Waals surface area contributed by atoms with Gasteiger partial charge >= 0.3 is 0 Å². The number of rotatable bonds is 10. The molecule has 1 saturated heterocycles. The maximum absolute atomic E-state index is 12.2. The Morgan fingerprint density at radius 3 is 2.24 bits per heavy atom. The van der Waals surface area contributed by atoms with Crippen LogP contribution in [0, 0.1) is 0 Å². The molecule has 2 N–H and O–H groups in total. The number of nitrogens with zero attached hydrogens (tertiary/aromatic N) is 2. The number of carbonyl (C=O) groups is 1. The lowest BCUT2D eigenvalue weighted by Gasteiger charge is -2.39. The summed E-state index contributed by atoms with van der Waals surface area (Å²) in [6.07, 6.45) is 9.17. The lowest BCUT2D eigenvalue weighted by Crippen LogP contribution is -2.53. The fraction of sp³-hybridized carbons (Fsp3) is 0.941. The quantitative estimate of drug-likeness (QED) is 0.631. The van der Waals surface area contributed by atoms with Crippen LogP contribution in [0.1, 0.15) is 65.2 Å². The van der Waals surface area contributed by atoms with Gasteiger partial charge in [0.15, 0.2) is 0 Å². The highest BCUT2D eigenvalue weighted by Gasteiger charge is 2.24.